The van der Waals surface area contributed by atoms with Crippen LogP contribution in [0.5, 0.6) is 0 Å². The average molecular weight is 321 g/mol. The SMILES string of the molecule is C[C@@H](C(=O)N1CCC[C@@H](C(N)=O)C1)N1CCc2sccc2C1. The van der Waals surface area contributed by atoms with Crippen LogP contribution in [0, 0.1) is 5.92 Å². The van der Waals surface area contributed by atoms with Gasteiger partial charge in [-0.05, 0) is 43.2 Å². The summed E-state index contributed by atoms with van der Waals surface area (Å²) in [5, 5.41) is 2.13. The third-order valence-electron chi connectivity index (χ3n) is 4.88. The van der Waals surface area contributed by atoms with Gasteiger partial charge in [0.2, 0.25) is 11.8 Å². The second-order valence-electron chi connectivity index (χ2n) is 6.29. The Hall–Kier alpha value is -1.40. The van der Waals surface area contributed by atoms with Crippen LogP contribution in [-0.2, 0) is 22.6 Å². The first-order valence-electron chi connectivity index (χ1n) is 7.93. The maximum Gasteiger partial charge on any atom is 0.239 e. The molecular formula is C16H23N3O2S. The average Bonchev–Trinajstić information content (AvgIpc) is 3.01. The molecule has 0 saturated carbocycles. The van der Waals surface area contributed by atoms with Crippen LogP contribution in [0.2, 0.25) is 0 Å². The van der Waals surface area contributed by atoms with Gasteiger partial charge in [-0.2, -0.15) is 0 Å². The summed E-state index contributed by atoms with van der Waals surface area (Å²) in [5.41, 5.74) is 6.76. The molecule has 2 amide bonds. The summed E-state index contributed by atoms with van der Waals surface area (Å²) in [7, 11) is 0. The number of hydrogen-bond acceptors (Lipinski definition) is 4. The zero-order valence-corrected chi connectivity index (χ0v) is 13.8. The summed E-state index contributed by atoms with van der Waals surface area (Å²) in [6.07, 6.45) is 2.69. The van der Waals surface area contributed by atoms with Crippen LogP contribution < -0.4 is 5.73 Å². The minimum absolute atomic E-state index is 0.129. The summed E-state index contributed by atoms with van der Waals surface area (Å²) < 4.78 is 0. The molecule has 0 aromatic carbocycles. The van der Waals surface area contributed by atoms with Crippen LogP contribution in [0.3, 0.4) is 0 Å². The summed E-state index contributed by atoms with van der Waals surface area (Å²) >= 11 is 1.81. The first-order valence-corrected chi connectivity index (χ1v) is 8.81. The molecule has 0 bridgehead atoms. The van der Waals surface area contributed by atoms with Crippen molar-refractivity contribution in [1.82, 2.24) is 9.80 Å². The number of piperidine rings is 1. The molecule has 22 heavy (non-hydrogen) atoms. The smallest absolute Gasteiger partial charge is 0.239 e. The molecule has 2 aliphatic heterocycles. The van der Waals surface area contributed by atoms with Crippen molar-refractivity contribution in [3.05, 3.63) is 21.9 Å². The monoisotopic (exact) mass is 321 g/mol. The maximum absolute atomic E-state index is 12.8. The standard InChI is InChI=1S/C16H23N3O2S/c1-11(18-7-4-14-12(9-18)5-8-22-14)16(21)19-6-2-3-13(10-19)15(17)20/h5,8,11,13H,2-4,6-7,9-10H2,1H3,(H2,17,20)/t11-,13+/m0/s1. The summed E-state index contributed by atoms with van der Waals surface area (Å²) in [6, 6.07) is 2.02. The van der Waals surface area contributed by atoms with E-state index in [0.29, 0.717) is 6.54 Å². The van der Waals surface area contributed by atoms with Gasteiger partial charge in [0, 0.05) is 31.1 Å². The number of carbonyl (C=O) groups is 2. The number of rotatable bonds is 3. The second kappa shape index (κ2) is 6.38. The van der Waals surface area contributed by atoms with E-state index in [9.17, 15) is 9.59 Å². The lowest BCUT2D eigenvalue weighted by Crippen LogP contribution is -2.52. The lowest BCUT2D eigenvalue weighted by atomic mass is 9.96. The number of carbonyl (C=O) groups excluding carboxylic acids is 2. The number of nitrogens with zero attached hydrogens (tertiary/aromatic N) is 2. The van der Waals surface area contributed by atoms with Gasteiger partial charge in [-0.25, -0.2) is 0 Å². The molecule has 2 N–H and O–H groups in total. The number of hydrogen-bond donors (Lipinski definition) is 1. The van der Waals surface area contributed by atoms with E-state index in [1.165, 1.54) is 10.4 Å². The van der Waals surface area contributed by atoms with Crippen LogP contribution in [0.1, 0.15) is 30.2 Å². The molecule has 120 valence electrons. The predicted octanol–water partition coefficient (Wildman–Crippen LogP) is 1.22. The van der Waals surface area contributed by atoms with Crippen molar-refractivity contribution in [3.63, 3.8) is 0 Å². The Bertz CT molecular complexity index is 571. The minimum Gasteiger partial charge on any atom is -0.369 e. The Morgan fingerprint density at radius 1 is 1.41 bits per heavy atom. The van der Waals surface area contributed by atoms with Gasteiger partial charge in [-0.15, -0.1) is 11.3 Å². The van der Waals surface area contributed by atoms with Crippen molar-refractivity contribution in [2.45, 2.75) is 38.8 Å². The fraction of sp³-hybridized carbons (Fsp3) is 0.625. The van der Waals surface area contributed by atoms with Gasteiger partial charge in [-0.3, -0.25) is 14.5 Å². The summed E-state index contributed by atoms with van der Waals surface area (Å²) in [6.45, 7) is 4.97. The fourth-order valence-electron chi connectivity index (χ4n) is 3.43. The zero-order chi connectivity index (χ0) is 15.7. The maximum atomic E-state index is 12.8. The minimum atomic E-state index is -0.286. The summed E-state index contributed by atoms with van der Waals surface area (Å²) in [4.78, 5) is 29.6. The number of likely N-dealkylation sites (tertiary alicyclic amines) is 1. The number of amides is 2. The van der Waals surface area contributed by atoms with Crippen molar-refractivity contribution < 1.29 is 9.59 Å². The van der Waals surface area contributed by atoms with E-state index in [1.54, 1.807) is 11.3 Å². The number of primary amides is 1. The molecule has 3 rings (SSSR count). The van der Waals surface area contributed by atoms with E-state index in [1.807, 2.05) is 11.8 Å². The largest absolute Gasteiger partial charge is 0.369 e. The van der Waals surface area contributed by atoms with Gasteiger partial charge in [0.25, 0.3) is 0 Å². The van der Waals surface area contributed by atoms with E-state index in [-0.39, 0.29) is 23.8 Å². The lowest BCUT2D eigenvalue weighted by molar-refractivity contribution is -0.139. The Labute approximate surface area is 135 Å². The quantitative estimate of drug-likeness (QED) is 0.910. The Morgan fingerprint density at radius 2 is 2.23 bits per heavy atom. The molecular weight excluding hydrogens is 298 g/mol. The Kier molecular flexibility index (Phi) is 4.49. The van der Waals surface area contributed by atoms with E-state index >= 15 is 0 Å². The Morgan fingerprint density at radius 3 is 3.00 bits per heavy atom. The third kappa shape index (κ3) is 3.03. The zero-order valence-electron chi connectivity index (χ0n) is 13.0. The van der Waals surface area contributed by atoms with E-state index in [4.69, 9.17) is 5.73 Å². The molecule has 1 saturated heterocycles. The van der Waals surface area contributed by atoms with Crippen LogP contribution in [-0.4, -0.2) is 47.3 Å². The summed E-state index contributed by atoms with van der Waals surface area (Å²) in [5.74, 6) is -0.342. The number of thiophene rings is 1. The molecule has 2 aliphatic rings. The number of nitrogens with two attached hydrogens (primary N) is 1. The highest BCUT2D eigenvalue weighted by Gasteiger charge is 2.32. The highest BCUT2D eigenvalue weighted by Crippen LogP contribution is 2.26. The molecule has 0 unspecified atom stereocenters. The van der Waals surface area contributed by atoms with Gasteiger partial charge < -0.3 is 10.6 Å². The fourth-order valence-corrected chi connectivity index (χ4v) is 4.32. The molecule has 6 heteroatoms. The first kappa shape index (κ1) is 15.5. The van der Waals surface area contributed by atoms with Gasteiger partial charge in [0.05, 0.1) is 12.0 Å². The first-order chi connectivity index (χ1) is 10.6. The highest BCUT2D eigenvalue weighted by molar-refractivity contribution is 7.10. The van der Waals surface area contributed by atoms with Gasteiger partial charge in [-0.1, -0.05) is 0 Å². The van der Waals surface area contributed by atoms with E-state index < -0.39 is 0 Å². The number of fused-ring (bicyclic) bond motifs is 1. The van der Waals surface area contributed by atoms with Crippen LogP contribution in [0.15, 0.2) is 11.4 Å². The Balaban J connectivity index is 1.63. The predicted molar refractivity (Wildman–Crippen MR) is 86.4 cm³/mol. The van der Waals surface area contributed by atoms with Crippen molar-refractivity contribution in [1.29, 1.82) is 0 Å². The van der Waals surface area contributed by atoms with Crippen molar-refractivity contribution in [3.8, 4) is 0 Å². The van der Waals surface area contributed by atoms with Crippen LogP contribution in [0.25, 0.3) is 0 Å². The van der Waals surface area contributed by atoms with Crippen LogP contribution in [0.4, 0.5) is 0 Å². The van der Waals surface area contributed by atoms with E-state index in [0.717, 1.165) is 38.9 Å². The van der Waals surface area contributed by atoms with Crippen LogP contribution >= 0.6 is 11.3 Å². The van der Waals surface area contributed by atoms with Gasteiger partial charge >= 0.3 is 0 Å². The second-order valence-corrected chi connectivity index (χ2v) is 7.29. The van der Waals surface area contributed by atoms with Crippen molar-refractivity contribution >= 4 is 23.2 Å². The molecule has 2 atom stereocenters. The molecule has 5 nitrogen and oxygen atoms in total. The molecule has 1 aromatic rings. The van der Waals surface area contributed by atoms with Gasteiger partial charge in [0.1, 0.15) is 0 Å². The van der Waals surface area contributed by atoms with E-state index in [2.05, 4.69) is 16.3 Å². The lowest BCUT2D eigenvalue weighted by Gasteiger charge is -2.37. The molecule has 0 spiro atoms. The van der Waals surface area contributed by atoms with Gasteiger partial charge in [0.15, 0.2) is 0 Å². The molecule has 0 aliphatic carbocycles. The highest BCUT2D eigenvalue weighted by atomic mass is 32.1. The van der Waals surface area contributed by atoms with Crippen molar-refractivity contribution in [2.75, 3.05) is 19.6 Å². The molecule has 3 heterocycles. The van der Waals surface area contributed by atoms with Crippen molar-refractivity contribution in [2.24, 2.45) is 11.7 Å². The third-order valence-corrected chi connectivity index (χ3v) is 5.90. The molecule has 1 aromatic heterocycles. The molecule has 0 radical (unpaired) electrons. The molecule has 1 fully saturated rings. The topological polar surface area (TPSA) is 66.6 Å². The normalized spacial score (nSPS) is 23.9.